The zero-order valence-electron chi connectivity index (χ0n) is 17.3. The van der Waals surface area contributed by atoms with Gasteiger partial charge >= 0.3 is 0 Å². The van der Waals surface area contributed by atoms with Crippen LogP contribution in [0.3, 0.4) is 0 Å². The van der Waals surface area contributed by atoms with E-state index in [4.69, 9.17) is 4.99 Å². The van der Waals surface area contributed by atoms with Crippen molar-refractivity contribution >= 4 is 28.5 Å². The molecule has 0 radical (unpaired) electrons. The van der Waals surface area contributed by atoms with Crippen molar-refractivity contribution < 1.29 is 14.8 Å². The molecule has 3 aromatic rings. The normalized spacial score (nSPS) is 13.0. The summed E-state index contributed by atoms with van der Waals surface area (Å²) in [6.45, 7) is 5.66. The van der Waals surface area contributed by atoms with Crippen molar-refractivity contribution in [1.82, 2.24) is 0 Å². The second-order valence-corrected chi connectivity index (χ2v) is 7.60. The molecule has 0 N–H and O–H groups in total. The highest BCUT2D eigenvalue weighted by Gasteiger charge is 2.36. The Bertz CT molecular complexity index is 1370. The van der Waals surface area contributed by atoms with E-state index >= 15 is 0 Å². The molecule has 10 heteroatoms. The molecule has 0 atom stereocenters. The fraction of sp³-hybridized carbons (Fsp3) is 0.136. The van der Waals surface area contributed by atoms with Crippen molar-refractivity contribution in [3.63, 3.8) is 0 Å². The van der Waals surface area contributed by atoms with Gasteiger partial charge in [0.1, 0.15) is 0 Å². The van der Waals surface area contributed by atoms with Gasteiger partial charge in [-0.05, 0) is 43.5 Å². The Hall–Kier alpha value is -4.47. The minimum Gasteiger partial charge on any atom is -0.258 e. The Labute approximate surface area is 181 Å². The smallest absolute Gasteiger partial charge is 0.258 e. The first-order chi connectivity index (χ1) is 15.1. The lowest BCUT2D eigenvalue weighted by Crippen LogP contribution is -2.02. The van der Waals surface area contributed by atoms with E-state index in [1.165, 1.54) is 24.3 Å². The minimum atomic E-state index is -0.710. The number of aliphatic imine (C=N–C) groups is 1. The molecule has 1 aliphatic carbocycles. The van der Waals surface area contributed by atoms with Gasteiger partial charge in [-0.1, -0.05) is 17.7 Å². The van der Waals surface area contributed by atoms with E-state index < -0.39 is 26.1 Å². The molecule has 0 aliphatic heterocycles. The monoisotopic (exact) mass is 432 g/mol. The summed E-state index contributed by atoms with van der Waals surface area (Å²) in [5.74, 6) is 0. The molecule has 32 heavy (non-hydrogen) atoms. The molecule has 160 valence electrons. The predicted octanol–water partition coefficient (Wildman–Crippen LogP) is 5.49. The zero-order chi connectivity index (χ0) is 23.3. The summed E-state index contributed by atoms with van der Waals surface area (Å²) < 4.78 is 0. The Morgan fingerprint density at radius 1 is 0.688 bits per heavy atom. The number of benzene rings is 3. The lowest BCUT2D eigenvalue weighted by molar-refractivity contribution is -0.393. The van der Waals surface area contributed by atoms with Crippen molar-refractivity contribution in [2.75, 3.05) is 0 Å². The van der Waals surface area contributed by atoms with Gasteiger partial charge in [0.2, 0.25) is 0 Å². The maximum atomic E-state index is 11.8. The number of nitro groups is 3. The quantitative estimate of drug-likeness (QED) is 0.308. The summed E-state index contributed by atoms with van der Waals surface area (Å²) in [6.07, 6.45) is 0. The highest BCUT2D eigenvalue weighted by molar-refractivity contribution is 6.27. The maximum absolute atomic E-state index is 11.8. The lowest BCUT2D eigenvalue weighted by Gasteiger charge is -2.09. The molecule has 0 fully saturated rings. The number of nitro benzene ring substituents is 3. The van der Waals surface area contributed by atoms with E-state index in [1.807, 2.05) is 32.9 Å². The molecule has 0 bridgehead atoms. The molecule has 0 aromatic heterocycles. The summed E-state index contributed by atoms with van der Waals surface area (Å²) in [7, 11) is 0. The predicted molar refractivity (Wildman–Crippen MR) is 118 cm³/mol. The Morgan fingerprint density at radius 2 is 1.28 bits per heavy atom. The van der Waals surface area contributed by atoms with Crippen LogP contribution in [0.25, 0.3) is 11.1 Å². The SMILES string of the molecule is Cc1cc(C)c(N=C2c3cc([N+](=O)[O-])ccc3-c3c2cc([N+](=O)[O-])cc3[N+](=O)[O-])c(C)c1. The number of nitrogens with zero attached hydrogens (tertiary/aromatic N) is 4. The molecule has 0 spiro atoms. The van der Waals surface area contributed by atoms with Gasteiger partial charge in [0, 0.05) is 29.3 Å². The van der Waals surface area contributed by atoms with Crippen molar-refractivity contribution in [1.29, 1.82) is 0 Å². The zero-order valence-corrected chi connectivity index (χ0v) is 17.3. The topological polar surface area (TPSA) is 142 Å². The van der Waals surface area contributed by atoms with Crippen LogP contribution in [0, 0.1) is 51.1 Å². The summed E-state index contributed by atoms with van der Waals surface area (Å²) >= 11 is 0. The van der Waals surface area contributed by atoms with Gasteiger partial charge in [-0.15, -0.1) is 0 Å². The number of aryl methyl sites for hydroxylation is 3. The lowest BCUT2D eigenvalue weighted by atomic mass is 10.0. The van der Waals surface area contributed by atoms with Crippen LogP contribution in [-0.4, -0.2) is 20.5 Å². The van der Waals surface area contributed by atoms with E-state index in [2.05, 4.69) is 0 Å². The molecule has 0 heterocycles. The number of non-ortho nitro benzene ring substituents is 2. The van der Waals surface area contributed by atoms with Crippen LogP contribution >= 0.6 is 0 Å². The average molecular weight is 432 g/mol. The van der Waals surface area contributed by atoms with Gasteiger partial charge in [-0.2, -0.15) is 0 Å². The van der Waals surface area contributed by atoms with Gasteiger partial charge in [-0.3, -0.25) is 30.3 Å². The van der Waals surface area contributed by atoms with Crippen molar-refractivity contribution in [3.8, 4) is 11.1 Å². The molecular weight excluding hydrogens is 416 g/mol. The van der Waals surface area contributed by atoms with Crippen LogP contribution in [-0.2, 0) is 0 Å². The third kappa shape index (κ3) is 3.27. The second-order valence-electron chi connectivity index (χ2n) is 7.60. The summed E-state index contributed by atoms with van der Waals surface area (Å²) in [5.41, 5.74) is 3.46. The molecule has 0 saturated heterocycles. The Morgan fingerprint density at radius 3 is 1.84 bits per heavy atom. The van der Waals surface area contributed by atoms with Gasteiger partial charge in [-0.25, -0.2) is 4.99 Å². The van der Waals surface area contributed by atoms with E-state index in [0.29, 0.717) is 16.8 Å². The van der Waals surface area contributed by atoms with Crippen LogP contribution in [0.4, 0.5) is 22.7 Å². The van der Waals surface area contributed by atoms with Crippen LogP contribution in [0.5, 0.6) is 0 Å². The Kier molecular flexibility index (Phi) is 4.77. The number of hydrogen-bond acceptors (Lipinski definition) is 7. The highest BCUT2D eigenvalue weighted by Crippen LogP contribution is 2.46. The van der Waals surface area contributed by atoms with E-state index in [9.17, 15) is 30.3 Å². The van der Waals surface area contributed by atoms with Crippen LogP contribution < -0.4 is 0 Å². The van der Waals surface area contributed by atoms with Crippen LogP contribution in [0.15, 0.2) is 47.5 Å². The summed E-state index contributed by atoms with van der Waals surface area (Å²) in [6, 6.07) is 9.93. The molecule has 1 aliphatic rings. The van der Waals surface area contributed by atoms with Gasteiger partial charge < -0.3 is 0 Å². The van der Waals surface area contributed by atoms with Crippen molar-refractivity contribution in [2.24, 2.45) is 4.99 Å². The first-order valence-corrected chi connectivity index (χ1v) is 9.51. The van der Waals surface area contributed by atoms with Crippen molar-refractivity contribution in [2.45, 2.75) is 20.8 Å². The van der Waals surface area contributed by atoms with Gasteiger partial charge in [0.05, 0.1) is 37.8 Å². The Balaban J connectivity index is 2.12. The molecule has 0 unspecified atom stereocenters. The number of hydrogen-bond donors (Lipinski definition) is 0. The van der Waals surface area contributed by atoms with Crippen LogP contribution in [0.1, 0.15) is 27.8 Å². The third-order valence-electron chi connectivity index (χ3n) is 5.36. The second kappa shape index (κ2) is 7.34. The fourth-order valence-corrected chi connectivity index (χ4v) is 4.12. The van der Waals surface area contributed by atoms with Crippen molar-refractivity contribution in [3.05, 3.63) is 101 Å². The molecule has 3 aromatic carbocycles. The first-order valence-electron chi connectivity index (χ1n) is 9.51. The summed E-state index contributed by atoms with van der Waals surface area (Å²) in [4.78, 5) is 37.4. The fourth-order valence-electron chi connectivity index (χ4n) is 4.12. The van der Waals surface area contributed by atoms with E-state index in [1.54, 1.807) is 0 Å². The minimum absolute atomic E-state index is 0.159. The molecule has 4 rings (SSSR count). The molecular formula is C22H16N4O6. The third-order valence-corrected chi connectivity index (χ3v) is 5.36. The van der Waals surface area contributed by atoms with E-state index in [0.717, 1.165) is 22.8 Å². The molecule has 10 nitrogen and oxygen atoms in total. The van der Waals surface area contributed by atoms with Crippen LogP contribution in [0.2, 0.25) is 0 Å². The number of rotatable bonds is 4. The maximum Gasteiger partial charge on any atom is 0.284 e. The number of fused-ring (bicyclic) bond motifs is 3. The molecule has 0 saturated carbocycles. The summed E-state index contributed by atoms with van der Waals surface area (Å²) in [5, 5.41) is 34.6. The highest BCUT2D eigenvalue weighted by atomic mass is 16.6. The largest absolute Gasteiger partial charge is 0.284 e. The standard InChI is InChI=1S/C22H16N4O6/c1-11-6-12(2)21(13(3)7-11)23-22-17-8-14(24(27)28)4-5-16(17)20-18(22)9-15(25(29)30)10-19(20)26(31)32/h4-10H,1-3H3. The molecule has 0 amide bonds. The average Bonchev–Trinajstić information content (AvgIpc) is 3.02. The van der Waals surface area contributed by atoms with Gasteiger partial charge in [0.25, 0.3) is 17.1 Å². The van der Waals surface area contributed by atoms with E-state index in [-0.39, 0.29) is 22.5 Å². The van der Waals surface area contributed by atoms with Gasteiger partial charge in [0.15, 0.2) is 0 Å². The first kappa shape index (κ1) is 20.8.